The lowest BCUT2D eigenvalue weighted by molar-refractivity contribution is 0.0950. The van der Waals surface area contributed by atoms with Crippen LogP contribution in [-0.4, -0.2) is 28.9 Å². The van der Waals surface area contributed by atoms with E-state index in [9.17, 15) is 4.79 Å². The molecule has 7 nitrogen and oxygen atoms in total. The molecular weight excluding hydrogens is 416 g/mol. The zero-order chi connectivity index (χ0) is 22.9. The third-order valence-corrected chi connectivity index (χ3v) is 4.79. The number of hydrazone groups is 1. The van der Waals surface area contributed by atoms with E-state index in [1.54, 1.807) is 12.3 Å². The van der Waals surface area contributed by atoms with E-state index in [1.807, 2.05) is 85.8 Å². The highest BCUT2D eigenvalue weighted by Gasteiger charge is 2.10. The minimum atomic E-state index is -0.376. The number of carbonyl (C=O) groups excluding carboxylic acids is 1. The number of H-pyrrole nitrogens is 1. The van der Waals surface area contributed by atoms with Crippen molar-refractivity contribution in [2.45, 2.75) is 13.5 Å². The van der Waals surface area contributed by atoms with Crippen LogP contribution >= 0.6 is 0 Å². The van der Waals surface area contributed by atoms with Crippen molar-refractivity contribution < 1.29 is 14.3 Å². The zero-order valence-electron chi connectivity index (χ0n) is 18.2. The van der Waals surface area contributed by atoms with Crippen molar-refractivity contribution in [3.63, 3.8) is 0 Å². The maximum atomic E-state index is 12.4. The molecule has 0 fully saturated rings. The second-order valence-corrected chi connectivity index (χ2v) is 7.17. The molecule has 1 heterocycles. The van der Waals surface area contributed by atoms with Crippen LogP contribution < -0.4 is 14.9 Å². The van der Waals surface area contributed by atoms with E-state index in [-0.39, 0.29) is 5.91 Å². The van der Waals surface area contributed by atoms with Gasteiger partial charge in [-0.05, 0) is 72.6 Å². The first-order valence-corrected chi connectivity index (χ1v) is 10.6. The number of aromatic amines is 1. The number of hydrogen-bond donors (Lipinski definition) is 2. The number of amides is 1. The van der Waals surface area contributed by atoms with Crippen molar-refractivity contribution in [1.82, 2.24) is 15.6 Å². The number of benzene rings is 3. The van der Waals surface area contributed by atoms with E-state index >= 15 is 0 Å². The molecule has 1 amide bonds. The van der Waals surface area contributed by atoms with E-state index < -0.39 is 0 Å². The van der Waals surface area contributed by atoms with Gasteiger partial charge in [-0.15, -0.1) is 0 Å². The summed E-state index contributed by atoms with van der Waals surface area (Å²) in [5.41, 5.74) is 6.32. The van der Waals surface area contributed by atoms with Gasteiger partial charge in [-0.25, -0.2) is 5.43 Å². The van der Waals surface area contributed by atoms with Gasteiger partial charge in [-0.3, -0.25) is 9.89 Å². The third-order valence-electron chi connectivity index (χ3n) is 4.79. The Labute approximate surface area is 192 Å². The van der Waals surface area contributed by atoms with Gasteiger partial charge in [0.2, 0.25) is 0 Å². The zero-order valence-corrected chi connectivity index (χ0v) is 18.2. The Bertz CT molecular complexity index is 1200. The van der Waals surface area contributed by atoms with Gasteiger partial charge in [-0.2, -0.15) is 10.2 Å². The molecule has 0 unspecified atom stereocenters. The monoisotopic (exact) mass is 440 g/mol. The Morgan fingerprint density at radius 2 is 1.67 bits per heavy atom. The van der Waals surface area contributed by atoms with Crippen LogP contribution in [0, 0.1) is 0 Å². The molecule has 0 aliphatic rings. The van der Waals surface area contributed by atoms with Gasteiger partial charge in [0.25, 0.3) is 5.91 Å². The molecular formula is C26H24N4O3. The minimum absolute atomic E-state index is 0.320. The first-order chi connectivity index (χ1) is 16.2. The summed E-state index contributed by atoms with van der Waals surface area (Å²) < 4.78 is 11.2. The van der Waals surface area contributed by atoms with Crippen LogP contribution in [0.4, 0.5) is 0 Å². The maximum Gasteiger partial charge on any atom is 0.289 e. The van der Waals surface area contributed by atoms with Crippen LogP contribution in [0.15, 0.2) is 90.0 Å². The fourth-order valence-corrected chi connectivity index (χ4v) is 3.09. The highest BCUT2D eigenvalue weighted by molar-refractivity contribution is 5.94. The van der Waals surface area contributed by atoms with Crippen LogP contribution in [0.3, 0.4) is 0 Å². The summed E-state index contributed by atoms with van der Waals surface area (Å²) >= 11 is 0. The molecule has 0 atom stereocenters. The molecule has 4 rings (SSSR count). The van der Waals surface area contributed by atoms with Crippen LogP contribution in [-0.2, 0) is 6.61 Å². The van der Waals surface area contributed by atoms with Gasteiger partial charge in [0.05, 0.1) is 18.5 Å². The molecule has 0 bridgehead atoms. The molecule has 0 radical (unpaired) electrons. The maximum absolute atomic E-state index is 12.4. The lowest BCUT2D eigenvalue weighted by Gasteiger charge is -2.06. The fraction of sp³-hybridized carbons (Fsp3) is 0.115. The summed E-state index contributed by atoms with van der Waals surface area (Å²) in [6.07, 6.45) is 1.57. The van der Waals surface area contributed by atoms with Gasteiger partial charge in [0.15, 0.2) is 0 Å². The summed E-state index contributed by atoms with van der Waals surface area (Å²) in [5, 5.41) is 11.0. The third kappa shape index (κ3) is 6.07. The molecule has 166 valence electrons. The standard InChI is InChI=1S/C26H24N4O3/c1-2-32-22-14-10-21(11-15-22)24-16-25(29-28-24)26(31)30-27-17-19-8-12-23(13-9-19)33-18-20-6-4-3-5-7-20/h3-17H,2,18H2,1H3,(H,28,29)(H,30,31). The molecule has 3 aromatic carbocycles. The van der Waals surface area contributed by atoms with E-state index in [0.717, 1.165) is 28.2 Å². The molecule has 2 N–H and O–H groups in total. The highest BCUT2D eigenvalue weighted by Crippen LogP contribution is 2.21. The summed E-state index contributed by atoms with van der Waals surface area (Å²) in [6, 6.07) is 26.7. The Morgan fingerprint density at radius 3 is 2.39 bits per heavy atom. The van der Waals surface area contributed by atoms with Crippen molar-refractivity contribution in [3.05, 3.63) is 102 Å². The fourth-order valence-electron chi connectivity index (χ4n) is 3.09. The Kier molecular flexibility index (Phi) is 7.12. The molecule has 33 heavy (non-hydrogen) atoms. The van der Waals surface area contributed by atoms with Crippen molar-refractivity contribution >= 4 is 12.1 Å². The lowest BCUT2D eigenvalue weighted by Crippen LogP contribution is -2.17. The predicted octanol–water partition coefficient (Wildman–Crippen LogP) is 4.82. The Hall–Kier alpha value is -4.39. The average Bonchev–Trinajstić information content (AvgIpc) is 3.35. The van der Waals surface area contributed by atoms with Gasteiger partial charge in [0.1, 0.15) is 23.8 Å². The summed E-state index contributed by atoms with van der Waals surface area (Å²) in [5.74, 6) is 1.18. The van der Waals surface area contributed by atoms with Crippen LogP contribution in [0.1, 0.15) is 28.5 Å². The van der Waals surface area contributed by atoms with Gasteiger partial charge in [-0.1, -0.05) is 30.3 Å². The van der Waals surface area contributed by atoms with Gasteiger partial charge >= 0.3 is 0 Å². The van der Waals surface area contributed by atoms with E-state index in [1.165, 1.54) is 0 Å². The van der Waals surface area contributed by atoms with Crippen molar-refractivity contribution in [3.8, 4) is 22.8 Å². The highest BCUT2D eigenvalue weighted by atomic mass is 16.5. The second-order valence-electron chi connectivity index (χ2n) is 7.17. The number of aromatic nitrogens is 2. The average molecular weight is 441 g/mol. The number of carbonyl (C=O) groups is 1. The van der Waals surface area contributed by atoms with Crippen molar-refractivity contribution in [1.29, 1.82) is 0 Å². The van der Waals surface area contributed by atoms with Crippen molar-refractivity contribution in [2.75, 3.05) is 6.61 Å². The smallest absolute Gasteiger partial charge is 0.289 e. The van der Waals surface area contributed by atoms with Crippen molar-refractivity contribution in [2.24, 2.45) is 5.10 Å². The molecule has 0 spiro atoms. The minimum Gasteiger partial charge on any atom is -0.494 e. The summed E-state index contributed by atoms with van der Waals surface area (Å²) in [4.78, 5) is 12.4. The van der Waals surface area contributed by atoms with Gasteiger partial charge < -0.3 is 9.47 Å². The van der Waals surface area contributed by atoms with Crippen LogP contribution in [0.25, 0.3) is 11.3 Å². The largest absolute Gasteiger partial charge is 0.494 e. The number of rotatable bonds is 9. The molecule has 0 saturated heterocycles. The van der Waals surface area contributed by atoms with Crippen LogP contribution in [0.2, 0.25) is 0 Å². The number of nitrogens with zero attached hydrogens (tertiary/aromatic N) is 2. The first kappa shape index (κ1) is 21.8. The molecule has 7 heteroatoms. The molecule has 0 aliphatic heterocycles. The SMILES string of the molecule is CCOc1ccc(-c2cc(C(=O)NN=Cc3ccc(OCc4ccccc4)cc3)[nH]n2)cc1. The predicted molar refractivity (Wildman–Crippen MR) is 127 cm³/mol. The number of hydrogen-bond acceptors (Lipinski definition) is 5. The summed E-state index contributed by atoms with van der Waals surface area (Å²) in [7, 11) is 0. The Balaban J connectivity index is 1.29. The topological polar surface area (TPSA) is 88.6 Å². The number of nitrogens with one attached hydrogen (secondary N) is 2. The second kappa shape index (κ2) is 10.8. The molecule has 4 aromatic rings. The molecule has 0 aliphatic carbocycles. The lowest BCUT2D eigenvalue weighted by atomic mass is 10.1. The van der Waals surface area contributed by atoms with E-state index in [2.05, 4.69) is 20.7 Å². The summed E-state index contributed by atoms with van der Waals surface area (Å²) in [6.45, 7) is 3.05. The van der Waals surface area contributed by atoms with Gasteiger partial charge in [0, 0.05) is 5.56 Å². The first-order valence-electron chi connectivity index (χ1n) is 10.6. The quantitative estimate of drug-likeness (QED) is 0.289. The van der Waals surface area contributed by atoms with E-state index in [0.29, 0.717) is 24.6 Å². The molecule has 0 saturated carbocycles. The number of ether oxygens (including phenoxy) is 2. The Morgan fingerprint density at radius 1 is 0.970 bits per heavy atom. The molecule has 1 aromatic heterocycles. The van der Waals surface area contributed by atoms with E-state index in [4.69, 9.17) is 9.47 Å². The normalized spacial score (nSPS) is 10.8. The van der Waals surface area contributed by atoms with Crippen LogP contribution in [0.5, 0.6) is 11.5 Å².